The van der Waals surface area contributed by atoms with Gasteiger partial charge in [-0.2, -0.15) is 0 Å². The molecule has 1 N–H and O–H groups in total. The van der Waals surface area contributed by atoms with Crippen LogP contribution < -0.4 is 15.0 Å². The molecule has 2 rings (SSSR count). The largest absolute Gasteiger partial charge is 0.495 e. The van der Waals surface area contributed by atoms with Gasteiger partial charge >= 0.3 is 0 Å². The molecule has 0 bridgehead atoms. The minimum Gasteiger partial charge on any atom is -0.495 e. The molecular weight excluding hydrogens is 220 g/mol. The highest BCUT2D eigenvalue weighted by Crippen LogP contribution is 2.42. The van der Waals surface area contributed by atoms with E-state index in [9.17, 15) is 0 Å². The van der Waals surface area contributed by atoms with Crippen LogP contribution in [0.1, 0.15) is 0 Å². The molecule has 88 valence electrons. The van der Waals surface area contributed by atoms with Crippen LogP contribution in [0.2, 0.25) is 0 Å². The summed E-state index contributed by atoms with van der Waals surface area (Å²) in [5.74, 6) is 2.09. The van der Waals surface area contributed by atoms with Crippen LogP contribution in [0.15, 0.2) is 23.1 Å². The first kappa shape index (κ1) is 11.6. The molecule has 16 heavy (non-hydrogen) atoms. The van der Waals surface area contributed by atoms with Gasteiger partial charge in [-0.25, -0.2) is 0 Å². The third-order valence-electron chi connectivity index (χ3n) is 2.95. The Labute approximate surface area is 101 Å². The number of hydrogen-bond donors (Lipinski definition) is 1. The number of nitrogens with zero attached hydrogens (tertiary/aromatic N) is 1. The van der Waals surface area contributed by atoms with Gasteiger partial charge in [0.2, 0.25) is 0 Å². The van der Waals surface area contributed by atoms with Crippen molar-refractivity contribution in [3.05, 3.63) is 18.2 Å². The number of thioether (sulfide) groups is 1. The second-order valence-electron chi connectivity index (χ2n) is 3.94. The van der Waals surface area contributed by atoms with Crippen molar-refractivity contribution < 1.29 is 4.74 Å². The van der Waals surface area contributed by atoms with E-state index < -0.39 is 0 Å². The quantitative estimate of drug-likeness (QED) is 0.868. The number of rotatable bonds is 3. The lowest BCUT2D eigenvalue weighted by atomic mass is 10.2. The Balaban J connectivity index is 2.34. The highest BCUT2D eigenvalue weighted by Gasteiger charge is 2.25. The summed E-state index contributed by atoms with van der Waals surface area (Å²) in [6, 6.07) is 6.77. The minimum absolute atomic E-state index is 0.527. The molecule has 4 heteroatoms. The Morgan fingerprint density at radius 3 is 3.06 bits per heavy atom. The number of fused-ring (bicyclic) bond motifs is 1. The van der Waals surface area contributed by atoms with Gasteiger partial charge in [0.25, 0.3) is 0 Å². The zero-order valence-electron chi connectivity index (χ0n) is 9.99. The van der Waals surface area contributed by atoms with Crippen LogP contribution in [0.3, 0.4) is 0 Å². The molecule has 0 spiro atoms. The lowest BCUT2D eigenvalue weighted by Crippen LogP contribution is -2.43. The molecule has 1 heterocycles. The molecule has 1 atom stereocenters. The molecule has 0 saturated heterocycles. The number of benzene rings is 1. The normalized spacial score (nSPS) is 19.4. The molecule has 1 unspecified atom stereocenters. The van der Waals surface area contributed by atoms with Crippen molar-refractivity contribution in [2.24, 2.45) is 0 Å². The van der Waals surface area contributed by atoms with Crippen molar-refractivity contribution in [3.8, 4) is 5.75 Å². The molecule has 0 aromatic heterocycles. The van der Waals surface area contributed by atoms with Gasteiger partial charge < -0.3 is 15.0 Å². The third kappa shape index (κ3) is 1.99. The molecule has 0 amide bonds. The maximum atomic E-state index is 5.43. The zero-order valence-corrected chi connectivity index (χ0v) is 10.8. The van der Waals surface area contributed by atoms with E-state index in [-0.39, 0.29) is 0 Å². The molecule has 0 fully saturated rings. The number of nitrogens with one attached hydrogen (secondary N) is 1. The van der Waals surface area contributed by atoms with Crippen molar-refractivity contribution >= 4 is 17.4 Å². The average molecular weight is 238 g/mol. The Morgan fingerprint density at radius 1 is 1.56 bits per heavy atom. The van der Waals surface area contributed by atoms with E-state index in [1.165, 1.54) is 10.6 Å². The van der Waals surface area contributed by atoms with Gasteiger partial charge in [-0.15, -0.1) is 11.8 Å². The van der Waals surface area contributed by atoms with Crippen LogP contribution in [0.25, 0.3) is 0 Å². The minimum atomic E-state index is 0.527. The Bertz CT molecular complexity index is 356. The van der Waals surface area contributed by atoms with Crippen molar-refractivity contribution in [3.63, 3.8) is 0 Å². The van der Waals surface area contributed by atoms with E-state index in [1.54, 1.807) is 7.11 Å². The molecule has 1 aliphatic rings. The summed E-state index contributed by atoms with van der Waals surface area (Å²) in [6.45, 7) is 1.00. The van der Waals surface area contributed by atoms with Gasteiger partial charge in [0.05, 0.1) is 18.8 Å². The fourth-order valence-electron chi connectivity index (χ4n) is 2.04. The summed E-state index contributed by atoms with van der Waals surface area (Å²) >= 11 is 1.91. The summed E-state index contributed by atoms with van der Waals surface area (Å²) in [4.78, 5) is 3.63. The van der Waals surface area contributed by atoms with Crippen LogP contribution in [0.4, 0.5) is 5.69 Å². The van der Waals surface area contributed by atoms with Gasteiger partial charge in [0.15, 0.2) is 0 Å². The molecule has 3 nitrogen and oxygen atoms in total. The van der Waals surface area contributed by atoms with Crippen LogP contribution in [-0.4, -0.2) is 39.5 Å². The van der Waals surface area contributed by atoms with Gasteiger partial charge in [0, 0.05) is 24.2 Å². The van der Waals surface area contributed by atoms with Crippen molar-refractivity contribution in [1.29, 1.82) is 0 Å². The fourth-order valence-corrected chi connectivity index (χ4v) is 3.31. The van der Waals surface area contributed by atoms with E-state index in [4.69, 9.17) is 4.74 Å². The number of anilines is 1. The SMILES string of the molecule is CNCC1CSc2cccc(OC)c2N1C. The molecule has 1 aromatic carbocycles. The predicted molar refractivity (Wildman–Crippen MR) is 69.8 cm³/mol. The second kappa shape index (κ2) is 4.97. The van der Waals surface area contributed by atoms with Crippen molar-refractivity contribution in [1.82, 2.24) is 5.32 Å². The molecule has 1 aromatic rings. The Morgan fingerprint density at radius 2 is 2.38 bits per heavy atom. The van der Waals surface area contributed by atoms with E-state index in [0.29, 0.717) is 6.04 Å². The van der Waals surface area contributed by atoms with Crippen LogP contribution in [0, 0.1) is 0 Å². The topological polar surface area (TPSA) is 24.5 Å². The van der Waals surface area contributed by atoms with E-state index in [2.05, 4.69) is 29.4 Å². The average Bonchev–Trinajstić information content (AvgIpc) is 2.32. The first-order chi connectivity index (χ1) is 7.77. The predicted octanol–water partition coefficient (Wildman–Crippen LogP) is 1.83. The highest BCUT2D eigenvalue weighted by molar-refractivity contribution is 7.99. The molecule has 0 saturated carbocycles. The maximum Gasteiger partial charge on any atom is 0.143 e. The van der Waals surface area contributed by atoms with Crippen LogP contribution >= 0.6 is 11.8 Å². The second-order valence-corrected chi connectivity index (χ2v) is 5.00. The summed E-state index contributed by atoms with van der Waals surface area (Å²) in [5.41, 5.74) is 1.22. The smallest absolute Gasteiger partial charge is 0.143 e. The summed E-state index contributed by atoms with van der Waals surface area (Å²) in [7, 11) is 5.87. The van der Waals surface area contributed by atoms with Gasteiger partial charge in [0.1, 0.15) is 5.75 Å². The summed E-state index contributed by atoms with van der Waals surface area (Å²) in [5, 5.41) is 3.24. The van der Waals surface area contributed by atoms with Crippen molar-refractivity contribution in [2.45, 2.75) is 10.9 Å². The summed E-state index contributed by atoms with van der Waals surface area (Å²) < 4.78 is 5.43. The van der Waals surface area contributed by atoms with E-state index in [1.807, 2.05) is 24.9 Å². The van der Waals surface area contributed by atoms with E-state index in [0.717, 1.165) is 18.0 Å². The van der Waals surface area contributed by atoms with Gasteiger partial charge in [-0.05, 0) is 19.2 Å². The number of methoxy groups -OCH3 is 1. The van der Waals surface area contributed by atoms with Crippen molar-refractivity contribution in [2.75, 3.05) is 38.4 Å². The third-order valence-corrected chi connectivity index (χ3v) is 4.15. The number of ether oxygens (including phenoxy) is 1. The first-order valence-corrected chi connectivity index (χ1v) is 6.43. The number of hydrogen-bond acceptors (Lipinski definition) is 4. The van der Waals surface area contributed by atoms with Crippen LogP contribution in [-0.2, 0) is 0 Å². The first-order valence-electron chi connectivity index (χ1n) is 5.45. The number of likely N-dealkylation sites (N-methyl/N-ethyl adjacent to an activating group) is 2. The standard InChI is InChI=1S/C12H18N2OS/c1-13-7-9-8-16-11-6-4-5-10(15-3)12(11)14(9)2/h4-6,9,13H,7-8H2,1-3H3. The monoisotopic (exact) mass is 238 g/mol. The molecule has 0 radical (unpaired) electrons. The Kier molecular flexibility index (Phi) is 3.61. The lowest BCUT2D eigenvalue weighted by molar-refractivity contribution is 0.412. The van der Waals surface area contributed by atoms with E-state index >= 15 is 0 Å². The lowest BCUT2D eigenvalue weighted by Gasteiger charge is -2.36. The highest BCUT2D eigenvalue weighted by atomic mass is 32.2. The van der Waals surface area contributed by atoms with Crippen LogP contribution in [0.5, 0.6) is 5.75 Å². The molecular formula is C12H18N2OS. The van der Waals surface area contributed by atoms with Gasteiger partial charge in [-0.3, -0.25) is 0 Å². The number of para-hydroxylation sites is 1. The summed E-state index contributed by atoms with van der Waals surface area (Å²) in [6.07, 6.45) is 0. The Hall–Kier alpha value is -0.870. The van der Waals surface area contributed by atoms with Gasteiger partial charge in [-0.1, -0.05) is 6.07 Å². The molecule has 0 aliphatic carbocycles. The maximum absolute atomic E-state index is 5.43. The fraction of sp³-hybridized carbons (Fsp3) is 0.500. The zero-order chi connectivity index (χ0) is 11.5. The molecule has 1 aliphatic heterocycles.